The zero-order valence-electron chi connectivity index (χ0n) is 10.5. The third-order valence-corrected chi connectivity index (χ3v) is 2.78. The van der Waals surface area contributed by atoms with Crippen LogP contribution in [-0.2, 0) is 0 Å². The minimum atomic E-state index is 1.36. The van der Waals surface area contributed by atoms with Crippen molar-refractivity contribution >= 4 is 0 Å². The van der Waals surface area contributed by atoms with Gasteiger partial charge in [0, 0.05) is 0 Å². The molecule has 0 saturated carbocycles. The lowest BCUT2D eigenvalue weighted by Gasteiger charge is -2.26. The molecule has 0 spiro atoms. The minimum absolute atomic E-state index is 1.36. The molecular weight excluding hydrogens is 170 g/mol. The second-order valence-electron chi connectivity index (χ2n) is 3.96. The fourth-order valence-corrected chi connectivity index (χ4v) is 1.95. The standard InChI is InChI=1S/C11H23N.C2H6/c1-2-3-4-6-9-12-10-7-5-8-11-12;1-2/h2-11H2,1H3;1-2H3. The van der Waals surface area contributed by atoms with Crippen molar-refractivity contribution in [1.29, 1.82) is 0 Å². The van der Waals surface area contributed by atoms with E-state index in [-0.39, 0.29) is 0 Å². The first-order chi connectivity index (χ1) is 6.93. The largest absolute Gasteiger partial charge is 0.303 e. The topological polar surface area (TPSA) is 3.24 Å². The Balaban J connectivity index is 0.000000791. The summed E-state index contributed by atoms with van der Waals surface area (Å²) >= 11 is 0. The quantitative estimate of drug-likeness (QED) is 0.603. The molecule has 0 unspecified atom stereocenters. The van der Waals surface area contributed by atoms with Gasteiger partial charge in [-0.25, -0.2) is 0 Å². The van der Waals surface area contributed by atoms with Crippen molar-refractivity contribution in [1.82, 2.24) is 4.90 Å². The van der Waals surface area contributed by atoms with Gasteiger partial charge >= 0.3 is 0 Å². The van der Waals surface area contributed by atoms with Gasteiger partial charge in [-0.15, -0.1) is 0 Å². The van der Waals surface area contributed by atoms with Gasteiger partial charge in [-0.1, -0.05) is 46.5 Å². The zero-order valence-corrected chi connectivity index (χ0v) is 10.5. The third kappa shape index (κ3) is 7.37. The van der Waals surface area contributed by atoms with Crippen molar-refractivity contribution < 1.29 is 0 Å². The lowest BCUT2D eigenvalue weighted by Crippen LogP contribution is -2.30. The molecule has 0 radical (unpaired) electrons. The zero-order chi connectivity index (χ0) is 10.6. The van der Waals surface area contributed by atoms with Gasteiger partial charge in [0.15, 0.2) is 0 Å². The molecule has 0 atom stereocenters. The predicted molar refractivity (Wildman–Crippen MR) is 65.8 cm³/mol. The molecule has 0 aromatic heterocycles. The highest BCUT2D eigenvalue weighted by atomic mass is 15.1. The minimum Gasteiger partial charge on any atom is -0.303 e. The fourth-order valence-electron chi connectivity index (χ4n) is 1.95. The molecule has 14 heavy (non-hydrogen) atoms. The van der Waals surface area contributed by atoms with Crippen molar-refractivity contribution in [2.24, 2.45) is 0 Å². The van der Waals surface area contributed by atoms with Crippen LogP contribution in [0.3, 0.4) is 0 Å². The number of hydrogen-bond acceptors (Lipinski definition) is 1. The van der Waals surface area contributed by atoms with E-state index >= 15 is 0 Å². The summed E-state index contributed by atoms with van der Waals surface area (Å²) in [5.74, 6) is 0. The molecule has 1 saturated heterocycles. The van der Waals surface area contributed by atoms with Gasteiger partial charge < -0.3 is 4.90 Å². The van der Waals surface area contributed by atoms with E-state index < -0.39 is 0 Å². The summed E-state index contributed by atoms with van der Waals surface area (Å²) in [6.07, 6.45) is 9.99. The van der Waals surface area contributed by atoms with Crippen molar-refractivity contribution in [3.8, 4) is 0 Å². The Morgan fingerprint density at radius 2 is 1.50 bits per heavy atom. The maximum atomic E-state index is 2.64. The molecule has 0 amide bonds. The molecule has 1 heteroatoms. The molecule has 1 aliphatic rings. The van der Waals surface area contributed by atoms with Crippen molar-refractivity contribution in [3.63, 3.8) is 0 Å². The Morgan fingerprint density at radius 1 is 0.857 bits per heavy atom. The van der Waals surface area contributed by atoms with Crippen LogP contribution in [0.2, 0.25) is 0 Å². The van der Waals surface area contributed by atoms with E-state index in [2.05, 4.69) is 11.8 Å². The Kier molecular flexibility index (Phi) is 11.0. The van der Waals surface area contributed by atoms with E-state index in [1.807, 2.05) is 13.8 Å². The van der Waals surface area contributed by atoms with Crippen LogP contribution >= 0.6 is 0 Å². The summed E-state index contributed by atoms with van der Waals surface area (Å²) in [5.41, 5.74) is 0. The van der Waals surface area contributed by atoms with Crippen LogP contribution in [0.5, 0.6) is 0 Å². The fraction of sp³-hybridized carbons (Fsp3) is 1.00. The normalized spacial score (nSPS) is 17.4. The van der Waals surface area contributed by atoms with E-state index in [1.165, 1.54) is 64.6 Å². The van der Waals surface area contributed by atoms with Gasteiger partial charge in [0.25, 0.3) is 0 Å². The molecule has 0 N–H and O–H groups in total. The molecule has 1 heterocycles. The lowest BCUT2D eigenvalue weighted by atomic mass is 10.1. The Hall–Kier alpha value is -0.0400. The second-order valence-corrected chi connectivity index (χ2v) is 3.96. The molecule has 86 valence electrons. The van der Waals surface area contributed by atoms with E-state index in [0.29, 0.717) is 0 Å². The van der Waals surface area contributed by atoms with Crippen molar-refractivity contribution in [2.75, 3.05) is 19.6 Å². The van der Waals surface area contributed by atoms with Gasteiger partial charge in [0.2, 0.25) is 0 Å². The lowest BCUT2D eigenvalue weighted by molar-refractivity contribution is 0.224. The summed E-state index contributed by atoms with van der Waals surface area (Å²) in [6.45, 7) is 10.4. The number of piperidine rings is 1. The van der Waals surface area contributed by atoms with Crippen LogP contribution in [0, 0.1) is 0 Å². The maximum absolute atomic E-state index is 2.64. The number of likely N-dealkylation sites (tertiary alicyclic amines) is 1. The molecule has 0 aromatic carbocycles. The van der Waals surface area contributed by atoms with Gasteiger partial charge in [0.05, 0.1) is 0 Å². The highest BCUT2D eigenvalue weighted by Crippen LogP contribution is 2.10. The molecule has 0 bridgehead atoms. The van der Waals surface area contributed by atoms with E-state index in [1.54, 1.807) is 0 Å². The summed E-state index contributed by atoms with van der Waals surface area (Å²) in [6, 6.07) is 0. The Bertz CT molecular complexity index is 95.4. The molecule has 0 aromatic rings. The number of nitrogens with zero attached hydrogens (tertiary/aromatic N) is 1. The SMILES string of the molecule is CC.CCCCCCN1CCCCC1. The first kappa shape index (κ1) is 14.0. The van der Waals surface area contributed by atoms with Gasteiger partial charge in [0.1, 0.15) is 0 Å². The summed E-state index contributed by atoms with van der Waals surface area (Å²) < 4.78 is 0. The van der Waals surface area contributed by atoms with Crippen LogP contribution in [0.25, 0.3) is 0 Å². The van der Waals surface area contributed by atoms with E-state index in [4.69, 9.17) is 0 Å². The maximum Gasteiger partial charge on any atom is -0.00187 e. The summed E-state index contributed by atoms with van der Waals surface area (Å²) in [5, 5.41) is 0. The van der Waals surface area contributed by atoms with Gasteiger partial charge in [-0.3, -0.25) is 0 Å². The number of rotatable bonds is 5. The molecule has 1 nitrogen and oxygen atoms in total. The smallest absolute Gasteiger partial charge is 0.00187 e. The average Bonchev–Trinajstić information content (AvgIpc) is 2.29. The Labute approximate surface area is 90.9 Å². The number of unbranched alkanes of at least 4 members (excludes halogenated alkanes) is 3. The van der Waals surface area contributed by atoms with Crippen molar-refractivity contribution in [3.05, 3.63) is 0 Å². The molecule has 0 aliphatic carbocycles. The third-order valence-electron chi connectivity index (χ3n) is 2.78. The van der Waals surface area contributed by atoms with Crippen molar-refractivity contribution in [2.45, 2.75) is 65.7 Å². The summed E-state index contributed by atoms with van der Waals surface area (Å²) in [7, 11) is 0. The molecule has 1 aliphatic heterocycles. The first-order valence-corrected chi connectivity index (χ1v) is 6.66. The van der Waals surface area contributed by atoms with Gasteiger partial charge in [-0.2, -0.15) is 0 Å². The predicted octanol–water partition coefficient (Wildman–Crippen LogP) is 4.08. The first-order valence-electron chi connectivity index (χ1n) is 6.66. The highest BCUT2D eigenvalue weighted by molar-refractivity contribution is 4.63. The number of hydrogen-bond donors (Lipinski definition) is 0. The van der Waals surface area contributed by atoms with E-state index in [0.717, 1.165) is 0 Å². The van der Waals surface area contributed by atoms with Crippen LogP contribution in [0.1, 0.15) is 65.7 Å². The van der Waals surface area contributed by atoms with Crippen LogP contribution in [0.4, 0.5) is 0 Å². The average molecular weight is 199 g/mol. The van der Waals surface area contributed by atoms with Crippen LogP contribution in [-0.4, -0.2) is 24.5 Å². The molecule has 1 fully saturated rings. The monoisotopic (exact) mass is 199 g/mol. The van der Waals surface area contributed by atoms with Crippen LogP contribution < -0.4 is 0 Å². The van der Waals surface area contributed by atoms with E-state index in [9.17, 15) is 0 Å². The van der Waals surface area contributed by atoms with Gasteiger partial charge in [-0.05, 0) is 38.9 Å². The summed E-state index contributed by atoms with van der Waals surface area (Å²) in [4.78, 5) is 2.64. The molecule has 1 rings (SSSR count). The van der Waals surface area contributed by atoms with Crippen LogP contribution in [0.15, 0.2) is 0 Å². The second kappa shape index (κ2) is 11.0. The molecular formula is C13H29N. The Morgan fingerprint density at radius 3 is 2.07 bits per heavy atom. The highest BCUT2D eigenvalue weighted by Gasteiger charge is 2.08.